The third-order valence-corrected chi connectivity index (χ3v) is 4.98. The van der Waals surface area contributed by atoms with Crippen molar-refractivity contribution in [2.45, 2.75) is 51.5 Å². The van der Waals surface area contributed by atoms with E-state index >= 15 is 0 Å². The van der Waals surface area contributed by atoms with Crippen molar-refractivity contribution < 1.29 is 19.1 Å². The zero-order valence-electron chi connectivity index (χ0n) is 14.5. The molecule has 0 unspecified atom stereocenters. The molecular formula is C19H24N2O4. The van der Waals surface area contributed by atoms with Gasteiger partial charge in [0.25, 0.3) is 0 Å². The number of nitrogens with one attached hydrogen (secondary N) is 2. The maximum atomic E-state index is 12.7. The predicted molar refractivity (Wildman–Crippen MR) is 93.1 cm³/mol. The smallest absolute Gasteiger partial charge is 0.340 e. The second kappa shape index (κ2) is 7.25. The van der Waals surface area contributed by atoms with E-state index in [1.807, 2.05) is 0 Å². The summed E-state index contributed by atoms with van der Waals surface area (Å²) < 4.78 is 5.02. The van der Waals surface area contributed by atoms with Crippen LogP contribution in [0.2, 0.25) is 0 Å². The Hall–Kier alpha value is -2.37. The molecule has 0 heterocycles. The molecule has 0 aliphatic heterocycles. The van der Waals surface area contributed by atoms with Gasteiger partial charge in [0.1, 0.15) is 5.41 Å². The normalized spacial score (nSPS) is 18.4. The topological polar surface area (TPSA) is 84.5 Å². The second-order valence-corrected chi connectivity index (χ2v) is 6.76. The molecule has 1 aromatic rings. The van der Waals surface area contributed by atoms with Crippen LogP contribution in [0, 0.1) is 5.41 Å². The van der Waals surface area contributed by atoms with Gasteiger partial charge in [0, 0.05) is 6.04 Å². The average molecular weight is 344 g/mol. The first-order valence-electron chi connectivity index (χ1n) is 8.95. The van der Waals surface area contributed by atoms with E-state index < -0.39 is 11.4 Å². The monoisotopic (exact) mass is 344 g/mol. The molecule has 3 rings (SSSR count). The van der Waals surface area contributed by atoms with E-state index in [-0.39, 0.29) is 24.5 Å². The molecule has 0 bridgehead atoms. The molecule has 1 aromatic carbocycles. The third-order valence-electron chi connectivity index (χ3n) is 4.98. The Morgan fingerprint density at radius 2 is 1.80 bits per heavy atom. The predicted octanol–water partition coefficient (Wildman–Crippen LogP) is 2.64. The Morgan fingerprint density at radius 3 is 2.44 bits per heavy atom. The van der Waals surface area contributed by atoms with Crippen molar-refractivity contribution in [2.24, 2.45) is 5.41 Å². The molecule has 2 saturated carbocycles. The highest BCUT2D eigenvalue weighted by Gasteiger charge is 2.57. The van der Waals surface area contributed by atoms with Crippen molar-refractivity contribution in [3.05, 3.63) is 29.8 Å². The minimum absolute atomic E-state index is 0.185. The van der Waals surface area contributed by atoms with Crippen LogP contribution in [0.15, 0.2) is 24.3 Å². The standard InChI is InChI=1S/C19H24N2O4/c1-2-25-16(22)14-9-5-6-10-15(14)21-18(24)19(11-12-19)17(23)20-13-7-3-4-8-13/h5-6,9-10,13H,2-4,7-8,11-12H2,1H3,(H,20,23)(H,21,24). The molecule has 0 aromatic heterocycles. The van der Waals surface area contributed by atoms with Crippen LogP contribution in [0.4, 0.5) is 5.69 Å². The van der Waals surface area contributed by atoms with Gasteiger partial charge in [0.2, 0.25) is 11.8 Å². The van der Waals surface area contributed by atoms with E-state index in [1.54, 1.807) is 31.2 Å². The van der Waals surface area contributed by atoms with Crippen molar-refractivity contribution >= 4 is 23.5 Å². The largest absolute Gasteiger partial charge is 0.462 e. The number of carbonyl (C=O) groups is 3. The molecule has 0 atom stereocenters. The number of rotatable bonds is 6. The lowest BCUT2D eigenvalue weighted by Crippen LogP contribution is -2.43. The van der Waals surface area contributed by atoms with E-state index in [0.717, 1.165) is 25.7 Å². The van der Waals surface area contributed by atoms with Gasteiger partial charge in [-0.15, -0.1) is 0 Å². The number of anilines is 1. The summed E-state index contributed by atoms with van der Waals surface area (Å²) >= 11 is 0. The molecule has 2 N–H and O–H groups in total. The first-order chi connectivity index (χ1) is 12.1. The first kappa shape index (κ1) is 17.5. The summed E-state index contributed by atoms with van der Waals surface area (Å²) in [5.74, 6) is -1.02. The fraction of sp³-hybridized carbons (Fsp3) is 0.526. The lowest BCUT2D eigenvalue weighted by molar-refractivity contribution is -0.134. The SMILES string of the molecule is CCOC(=O)c1ccccc1NC(=O)C1(C(=O)NC2CCCC2)CC1. The molecule has 0 radical (unpaired) electrons. The third kappa shape index (κ3) is 3.67. The molecule has 25 heavy (non-hydrogen) atoms. The minimum atomic E-state index is -0.996. The highest BCUT2D eigenvalue weighted by atomic mass is 16.5. The van der Waals surface area contributed by atoms with Crippen molar-refractivity contribution in [2.75, 3.05) is 11.9 Å². The zero-order valence-corrected chi connectivity index (χ0v) is 14.5. The Balaban J connectivity index is 1.69. The maximum absolute atomic E-state index is 12.7. The van der Waals surface area contributed by atoms with Crippen molar-refractivity contribution in [3.8, 4) is 0 Å². The summed E-state index contributed by atoms with van der Waals surface area (Å²) in [4.78, 5) is 37.3. The Morgan fingerprint density at radius 1 is 1.12 bits per heavy atom. The second-order valence-electron chi connectivity index (χ2n) is 6.76. The summed E-state index contributed by atoms with van der Waals surface area (Å²) in [6.45, 7) is 1.99. The minimum Gasteiger partial charge on any atom is -0.462 e. The van der Waals surface area contributed by atoms with Crippen LogP contribution in [-0.2, 0) is 14.3 Å². The molecule has 2 aliphatic rings. The van der Waals surface area contributed by atoms with E-state index in [9.17, 15) is 14.4 Å². The fourth-order valence-electron chi connectivity index (χ4n) is 3.30. The van der Waals surface area contributed by atoms with Crippen LogP contribution in [0.5, 0.6) is 0 Å². The summed E-state index contributed by atoms with van der Waals surface area (Å²) in [5.41, 5.74) is -0.319. The van der Waals surface area contributed by atoms with Crippen LogP contribution >= 0.6 is 0 Å². The highest BCUT2D eigenvalue weighted by molar-refractivity contribution is 6.14. The van der Waals surface area contributed by atoms with Crippen LogP contribution in [0.3, 0.4) is 0 Å². The fourth-order valence-corrected chi connectivity index (χ4v) is 3.30. The number of hydrogen-bond donors (Lipinski definition) is 2. The van der Waals surface area contributed by atoms with E-state index in [1.165, 1.54) is 0 Å². The maximum Gasteiger partial charge on any atom is 0.340 e. The summed E-state index contributed by atoms with van der Waals surface area (Å²) in [6.07, 6.45) is 5.29. The zero-order chi connectivity index (χ0) is 17.9. The van der Waals surface area contributed by atoms with Crippen LogP contribution < -0.4 is 10.6 Å². The number of benzene rings is 1. The average Bonchev–Trinajstić information content (AvgIpc) is 3.27. The lowest BCUT2D eigenvalue weighted by Gasteiger charge is -2.19. The van der Waals surface area contributed by atoms with Gasteiger partial charge in [-0.05, 0) is 44.7 Å². The van der Waals surface area contributed by atoms with Gasteiger partial charge in [-0.25, -0.2) is 4.79 Å². The number of esters is 1. The Kier molecular flexibility index (Phi) is 5.06. The molecular weight excluding hydrogens is 320 g/mol. The summed E-state index contributed by atoms with van der Waals surface area (Å²) in [6, 6.07) is 6.88. The van der Waals surface area contributed by atoms with Gasteiger partial charge < -0.3 is 15.4 Å². The molecule has 6 nitrogen and oxygen atoms in total. The summed E-state index contributed by atoms with van der Waals surface area (Å²) in [5, 5.41) is 5.77. The van der Waals surface area contributed by atoms with Crippen LogP contribution in [0.25, 0.3) is 0 Å². The van der Waals surface area contributed by atoms with Gasteiger partial charge in [0.15, 0.2) is 0 Å². The van der Waals surface area contributed by atoms with Crippen molar-refractivity contribution in [3.63, 3.8) is 0 Å². The Bertz CT molecular complexity index is 676. The number of hydrogen-bond acceptors (Lipinski definition) is 4. The molecule has 2 fully saturated rings. The molecule has 0 saturated heterocycles. The molecule has 6 heteroatoms. The lowest BCUT2D eigenvalue weighted by atomic mass is 10.0. The van der Waals surface area contributed by atoms with Crippen LogP contribution in [0.1, 0.15) is 55.8 Å². The van der Waals surface area contributed by atoms with E-state index in [2.05, 4.69) is 10.6 Å². The highest BCUT2D eigenvalue weighted by Crippen LogP contribution is 2.47. The molecule has 2 amide bonds. The van der Waals surface area contributed by atoms with E-state index in [0.29, 0.717) is 24.1 Å². The van der Waals surface area contributed by atoms with Crippen LogP contribution in [-0.4, -0.2) is 30.4 Å². The van der Waals surface area contributed by atoms with Gasteiger partial charge in [0.05, 0.1) is 17.9 Å². The molecule has 2 aliphatic carbocycles. The number of ether oxygens (including phenoxy) is 1. The van der Waals surface area contributed by atoms with E-state index in [4.69, 9.17) is 4.74 Å². The number of amides is 2. The van der Waals surface area contributed by atoms with Gasteiger partial charge in [-0.1, -0.05) is 25.0 Å². The molecule has 134 valence electrons. The first-order valence-corrected chi connectivity index (χ1v) is 8.95. The quantitative estimate of drug-likeness (QED) is 0.614. The summed E-state index contributed by atoms with van der Waals surface area (Å²) in [7, 11) is 0. The van der Waals surface area contributed by atoms with Gasteiger partial charge in [-0.2, -0.15) is 0 Å². The van der Waals surface area contributed by atoms with Gasteiger partial charge >= 0.3 is 5.97 Å². The number of para-hydroxylation sites is 1. The molecule has 0 spiro atoms. The Labute approximate surface area is 147 Å². The van der Waals surface area contributed by atoms with Gasteiger partial charge in [-0.3, -0.25) is 9.59 Å². The van der Waals surface area contributed by atoms with Crippen molar-refractivity contribution in [1.82, 2.24) is 5.32 Å². The number of carbonyl (C=O) groups excluding carboxylic acids is 3. The van der Waals surface area contributed by atoms with Crippen molar-refractivity contribution in [1.29, 1.82) is 0 Å².